The summed E-state index contributed by atoms with van der Waals surface area (Å²) < 4.78 is 18.6. The molecule has 0 spiro atoms. The van der Waals surface area contributed by atoms with Gasteiger partial charge in [-0.25, -0.2) is 4.39 Å². The number of aryl methyl sites for hydroxylation is 2. The van der Waals surface area contributed by atoms with Crippen LogP contribution < -0.4 is 4.74 Å². The molecule has 0 N–H and O–H groups in total. The first-order valence-corrected chi connectivity index (χ1v) is 7.61. The third-order valence-corrected chi connectivity index (χ3v) is 3.81. The number of methoxy groups -OCH3 is 1. The van der Waals surface area contributed by atoms with Crippen LogP contribution in [0.25, 0.3) is 0 Å². The minimum atomic E-state index is -0.412. The van der Waals surface area contributed by atoms with Crippen LogP contribution in [0.15, 0.2) is 42.5 Å². The summed E-state index contributed by atoms with van der Waals surface area (Å²) in [6, 6.07) is 12.9. The van der Waals surface area contributed by atoms with Crippen LogP contribution in [0.4, 0.5) is 4.39 Å². The highest BCUT2D eigenvalue weighted by Gasteiger charge is 2.11. The molecule has 0 bridgehead atoms. The summed E-state index contributed by atoms with van der Waals surface area (Å²) in [6.07, 6.45) is 1.15. The summed E-state index contributed by atoms with van der Waals surface area (Å²) in [4.78, 5) is 13.8. The molecule has 3 nitrogen and oxygen atoms in total. The van der Waals surface area contributed by atoms with Gasteiger partial charge in [-0.15, -0.1) is 0 Å². The van der Waals surface area contributed by atoms with E-state index in [2.05, 4.69) is 0 Å². The first-order valence-electron chi connectivity index (χ1n) is 7.61. The Morgan fingerprint density at radius 3 is 2.39 bits per heavy atom. The normalized spacial score (nSPS) is 10.4. The predicted molar refractivity (Wildman–Crippen MR) is 88.9 cm³/mol. The lowest BCUT2D eigenvalue weighted by Crippen LogP contribution is -2.26. The molecule has 0 aromatic heterocycles. The zero-order valence-electron chi connectivity index (χ0n) is 13.8. The van der Waals surface area contributed by atoms with Crippen molar-refractivity contribution in [1.29, 1.82) is 0 Å². The molecule has 0 saturated heterocycles. The number of carbonyl (C=O) groups excluding carboxylic acids is 1. The Balaban J connectivity index is 1.89. The fraction of sp³-hybridized carbons (Fsp3) is 0.316. The zero-order chi connectivity index (χ0) is 16.8. The van der Waals surface area contributed by atoms with Crippen LogP contribution in [-0.4, -0.2) is 25.0 Å². The molecule has 0 aliphatic carbocycles. The van der Waals surface area contributed by atoms with Crippen molar-refractivity contribution >= 4 is 5.91 Å². The molecule has 0 aliphatic heterocycles. The molecule has 23 heavy (non-hydrogen) atoms. The maximum absolute atomic E-state index is 13.7. The van der Waals surface area contributed by atoms with Gasteiger partial charge in [-0.2, -0.15) is 0 Å². The minimum absolute atomic E-state index is 0.0433. The van der Waals surface area contributed by atoms with Gasteiger partial charge in [0.25, 0.3) is 0 Å². The van der Waals surface area contributed by atoms with Crippen LogP contribution in [0.2, 0.25) is 0 Å². The summed E-state index contributed by atoms with van der Waals surface area (Å²) in [5.41, 5.74) is 3.10. The van der Waals surface area contributed by atoms with Gasteiger partial charge in [-0.1, -0.05) is 35.9 Å². The van der Waals surface area contributed by atoms with Crippen LogP contribution in [-0.2, 0) is 17.8 Å². The van der Waals surface area contributed by atoms with E-state index in [0.717, 1.165) is 11.1 Å². The summed E-state index contributed by atoms with van der Waals surface area (Å²) >= 11 is 0. The van der Waals surface area contributed by atoms with Gasteiger partial charge in [-0.3, -0.25) is 4.79 Å². The van der Waals surface area contributed by atoms with Crippen molar-refractivity contribution in [3.63, 3.8) is 0 Å². The van der Waals surface area contributed by atoms with E-state index in [1.807, 2.05) is 31.2 Å². The number of rotatable bonds is 6. The Hall–Kier alpha value is -2.36. The van der Waals surface area contributed by atoms with E-state index >= 15 is 0 Å². The van der Waals surface area contributed by atoms with Crippen molar-refractivity contribution in [3.8, 4) is 5.75 Å². The number of benzene rings is 2. The number of nitrogens with zero attached hydrogens (tertiary/aromatic N) is 1. The molecular weight excluding hydrogens is 293 g/mol. The van der Waals surface area contributed by atoms with Crippen LogP contribution in [0, 0.1) is 12.7 Å². The summed E-state index contributed by atoms with van der Waals surface area (Å²) in [7, 11) is 3.17. The average Bonchev–Trinajstić information content (AvgIpc) is 2.54. The molecule has 2 rings (SSSR count). The van der Waals surface area contributed by atoms with Crippen molar-refractivity contribution in [3.05, 3.63) is 65.0 Å². The fourth-order valence-electron chi connectivity index (χ4n) is 2.37. The predicted octanol–water partition coefficient (Wildman–Crippen LogP) is 3.73. The van der Waals surface area contributed by atoms with Crippen molar-refractivity contribution in [2.24, 2.45) is 0 Å². The third-order valence-electron chi connectivity index (χ3n) is 3.81. The Bertz CT molecular complexity index is 668. The molecular formula is C19H22FNO2. The molecule has 0 aliphatic rings. The minimum Gasteiger partial charge on any atom is -0.494 e. The second-order valence-electron chi connectivity index (χ2n) is 5.70. The molecule has 0 atom stereocenters. The van der Waals surface area contributed by atoms with Gasteiger partial charge in [0.1, 0.15) is 0 Å². The number of carbonyl (C=O) groups is 1. The summed E-state index contributed by atoms with van der Waals surface area (Å²) in [5.74, 6) is -0.158. The molecule has 0 saturated carbocycles. The van der Waals surface area contributed by atoms with Gasteiger partial charge >= 0.3 is 0 Å². The largest absolute Gasteiger partial charge is 0.494 e. The second-order valence-corrected chi connectivity index (χ2v) is 5.70. The molecule has 0 radical (unpaired) electrons. The highest BCUT2D eigenvalue weighted by atomic mass is 19.1. The topological polar surface area (TPSA) is 29.5 Å². The number of hydrogen-bond donors (Lipinski definition) is 0. The van der Waals surface area contributed by atoms with E-state index in [9.17, 15) is 9.18 Å². The first-order chi connectivity index (χ1) is 11.0. The van der Waals surface area contributed by atoms with Gasteiger partial charge in [-0.05, 0) is 36.6 Å². The highest BCUT2D eigenvalue weighted by molar-refractivity contribution is 5.76. The maximum Gasteiger partial charge on any atom is 0.222 e. The van der Waals surface area contributed by atoms with Crippen LogP contribution in [0.1, 0.15) is 23.1 Å². The van der Waals surface area contributed by atoms with Gasteiger partial charge in [0.15, 0.2) is 11.6 Å². The highest BCUT2D eigenvalue weighted by Crippen LogP contribution is 2.18. The lowest BCUT2D eigenvalue weighted by molar-refractivity contribution is -0.130. The molecule has 4 heteroatoms. The Morgan fingerprint density at radius 2 is 1.78 bits per heavy atom. The van der Waals surface area contributed by atoms with E-state index < -0.39 is 5.82 Å². The zero-order valence-corrected chi connectivity index (χ0v) is 13.8. The second kappa shape index (κ2) is 7.77. The van der Waals surface area contributed by atoms with E-state index in [4.69, 9.17) is 4.74 Å². The SMILES string of the molecule is COc1ccc(CN(C)C(=O)CCc2ccc(C)cc2)cc1F. The first kappa shape index (κ1) is 17.0. The van der Waals surface area contributed by atoms with Crippen LogP contribution in [0.3, 0.4) is 0 Å². The van der Waals surface area contributed by atoms with Crippen molar-refractivity contribution in [2.75, 3.05) is 14.2 Å². The quantitative estimate of drug-likeness (QED) is 0.813. The van der Waals surface area contributed by atoms with Gasteiger partial charge in [0.2, 0.25) is 5.91 Å². The number of amides is 1. The maximum atomic E-state index is 13.7. The van der Waals surface area contributed by atoms with E-state index in [0.29, 0.717) is 19.4 Å². The smallest absolute Gasteiger partial charge is 0.222 e. The lowest BCUT2D eigenvalue weighted by Gasteiger charge is -2.17. The number of hydrogen-bond acceptors (Lipinski definition) is 2. The van der Waals surface area contributed by atoms with Crippen molar-refractivity contribution < 1.29 is 13.9 Å². The third kappa shape index (κ3) is 4.81. The molecule has 0 heterocycles. The molecule has 2 aromatic rings. The van der Waals surface area contributed by atoms with E-state index in [1.165, 1.54) is 18.7 Å². The van der Waals surface area contributed by atoms with E-state index in [-0.39, 0.29) is 11.7 Å². The summed E-state index contributed by atoms with van der Waals surface area (Å²) in [6.45, 7) is 2.42. The Kier molecular flexibility index (Phi) is 5.74. The van der Waals surface area contributed by atoms with Crippen LogP contribution in [0.5, 0.6) is 5.75 Å². The van der Waals surface area contributed by atoms with Crippen molar-refractivity contribution in [2.45, 2.75) is 26.3 Å². The molecule has 122 valence electrons. The number of ether oxygens (including phenoxy) is 1. The molecule has 2 aromatic carbocycles. The Labute approximate surface area is 136 Å². The number of halogens is 1. The molecule has 0 fully saturated rings. The molecule has 0 unspecified atom stereocenters. The van der Waals surface area contributed by atoms with Crippen molar-refractivity contribution in [1.82, 2.24) is 4.90 Å². The standard InChI is InChI=1S/C19H22FNO2/c1-14-4-6-15(7-5-14)9-11-19(22)21(2)13-16-8-10-18(23-3)17(20)12-16/h4-8,10,12H,9,11,13H2,1-3H3. The summed E-state index contributed by atoms with van der Waals surface area (Å²) in [5, 5.41) is 0. The van der Waals surface area contributed by atoms with Gasteiger partial charge in [0, 0.05) is 20.0 Å². The monoisotopic (exact) mass is 315 g/mol. The van der Waals surface area contributed by atoms with Gasteiger partial charge in [0.05, 0.1) is 7.11 Å². The lowest BCUT2D eigenvalue weighted by atomic mass is 10.1. The fourth-order valence-corrected chi connectivity index (χ4v) is 2.37. The average molecular weight is 315 g/mol. The Morgan fingerprint density at radius 1 is 1.13 bits per heavy atom. The molecule has 1 amide bonds. The van der Waals surface area contributed by atoms with Crippen LogP contribution >= 0.6 is 0 Å². The van der Waals surface area contributed by atoms with Gasteiger partial charge < -0.3 is 9.64 Å². The van der Waals surface area contributed by atoms with E-state index in [1.54, 1.807) is 24.1 Å².